The third-order valence-corrected chi connectivity index (χ3v) is 2.69. The predicted octanol–water partition coefficient (Wildman–Crippen LogP) is 2.50. The lowest BCUT2D eigenvalue weighted by molar-refractivity contribution is 0.0933. The number of nitrogens with zero attached hydrogens (tertiary/aromatic N) is 1. The summed E-state index contributed by atoms with van der Waals surface area (Å²) in [4.78, 5) is 11.0. The van der Waals surface area contributed by atoms with Gasteiger partial charge in [0, 0.05) is 18.0 Å². The summed E-state index contributed by atoms with van der Waals surface area (Å²) < 4.78 is 2.23. The van der Waals surface area contributed by atoms with E-state index in [9.17, 15) is 4.79 Å². The fourth-order valence-corrected chi connectivity index (χ4v) is 2.16. The summed E-state index contributed by atoms with van der Waals surface area (Å²) in [5.41, 5.74) is 1.01. The molecule has 0 saturated carbocycles. The number of hydrogen-bond donors (Lipinski definition) is 0. The number of rotatable bonds is 1. The summed E-state index contributed by atoms with van der Waals surface area (Å²) in [7, 11) is 0. The van der Waals surface area contributed by atoms with Crippen LogP contribution in [0.2, 0.25) is 0 Å². The molecule has 1 rings (SSSR count). The van der Waals surface area contributed by atoms with Crippen molar-refractivity contribution in [2.75, 3.05) is 0 Å². The summed E-state index contributed by atoms with van der Waals surface area (Å²) in [6.45, 7) is 3.54. The molecule has 60 valence electrons. The molecule has 0 radical (unpaired) electrons. The first-order chi connectivity index (χ1) is 5.16. The van der Waals surface area contributed by atoms with E-state index in [2.05, 4.69) is 0 Å². The van der Waals surface area contributed by atoms with Crippen LogP contribution in [-0.4, -0.2) is 10.5 Å². The number of hydrogen-bond acceptors (Lipinski definition) is 3. The maximum atomic E-state index is 11.0. The van der Waals surface area contributed by atoms with Crippen LogP contribution in [-0.2, 0) is 6.42 Å². The summed E-state index contributed by atoms with van der Waals surface area (Å²) in [5, 5.41) is 1.93. The molecule has 0 fully saturated rings. The molecular weight excluding hydrogens is 178 g/mol. The van der Waals surface area contributed by atoms with Crippen LogP contribution in [0, 0.1) is 3.95 Å². The Kier molecular flexibility index (Phi) is 2.57. The zero-order chi connectivity index (χ0) is 8.43. The standard InChI is InChI=1S/C7H9NOS2/c1-3-6-4-11-7(10)8(6)5(2)9/h4H,3H2,1-2H3. The lowest BCUT2D eigenvalue weighted by Gasteiger charge is -1.99. The van der Waals surface area contributed by atoms with Gasteiger partial charge in [-0.05, 0) is 18.6 Å². The van der Waals surface area contributed by atoms with Gasteiger partial charge in [-0.3, -0.25) is 9.36 Å². The molecular formula is C7H9NOS2. The number of thiazole rings is 1. The van der Waals surface area contributed by atoms with E-state index in [1.165, 1.54) is 18.3 Å². The molecule has 0 aromatic carbocycles. The second-order valence-electron chi connectivity index (χ2n) is 2.20. The lowest BCUT2D eigenvalue weighted by Crippen LogP contribution is -2.08. The Morgan fingerprint density at radius 1 is 1.82 bits per heavy atom. The quantitative estimate of drug-likeness (QED) is 0.630. The molecule has 0 amide bonds. The van der Waals surface area contributed by atoms with Crippen LogP contribution in [0.3, 0.4) is 0 Å². The van der Waals surface area contributed by atoms with Gasteiger partial charge in [0.2, 0.25) is 5.91 Å². The molecule has 0 N–H and O–H groups in total. The SMILES string of the molecule is CCc1csc(=S)n1C(C)=O. The van der Waals surface area contributed by atoms with Crippen molar-refractivity contribution >= 4 is 29.5 Å². The third kappa shape index (κ3) is 1.57. The Balaban J connectivity index is 3.29. The molecule has 11 heavy (non-hydrogen) atoms. The Bertz CT molecular complexity index is 323. The molecule has 0 atom stereocenters. The van der Waals surface area contributed by atoms with E-state index in [1.54, 1.807) is 4.57 Å². The normalized spacial score (nSPS) is 10.0. The predicted molar refractivity (Wildman–Crippen MR) is 48.8 cm³/mol. The van der Waals surface area contributed by atoms with Crippen LogP contribution in [0.25, 0.3) is 0 Å². The first-order valence-electron chi connectivity index (χ1n) is 3.37. The highest BCUT2D eigenvalue weighted by molar-refractivity contribution is 7.73. The first-order valence-corrected chi connectivity index (χ1v) is 4.66. The second kappa shape index (κ2) is 3.28. The number of carbonyl (C=O) groups excluding carboxylic acids is 1. The summed E-state index contributed by atoms with van der Waals surface area (Å²) in [6.07, 6.45) is 0.854. The molecule has 1 aromatic heterocycles. The summed E-state index contributed by atoms with van der Waals surface area (Å²) in [5.74, 6) is 0.00750. The Morgan fingerprint density at radius 2 is 2.45 bits per heavy atom. The molecule has 0 aliphatic rings. The van der Waals surface area contributed by atoms with Crippen LogP contribution in [0.4, 0.5) is 0 Å². The fourth-order valence-electron chi connectivity index (χ4n) is 0.913. The van der Waals surface area contributed by atoms with Gasteiger partial charge in [0.05, 0.1) is 0 Å². The highest BCUT2D eigenvalue weighted by Crippen LogP contribution is 2.10. The van der Waals surface area contributed by atoms with Gasteiger partial charge in [-0.25, -0.2) is 0 Å². The number of aromatic nitrogens is 1. The maximum Gasteiger partial charge on any atom is 0.229 e. The Morgan fingerprint density at radius 3 is 2.82 bits per heavy atom. The van der Waals surface area contributed by atoms with E-state index in [0.717, 1.165) is 12.1 Å². The van der Waals surface area contributed by atoms with Gasteiger partial charge in [0.15, 0.2) is 3.95 Å². The molecule has 0 unspecified atom stereocenters. The summed E-state index contributed by atoms with van der Waals surface area (Å²) >= 11 is 6.42. The zero-order valence-electron chi connectivity index (χ0n) is 6.46. The van der Waals surface area contributed by atoms with E-state index < -0.39 is 0 Å². The van der Waals surface area contributed by atoms with Crippen LogP contribution < -0.4 is 0 Å². The molecule has 0 saturated heterocycles. The van der Waals surface area contributed by atoms with Gasteiger partial charge in [-0.15, -0.1) is 11.3 Å². The Hall–Kier alpha value is -0.480. The number of aryl methyl sites for hydroxylation is 1. The van der Waals surface area contributed by atoms with E-state index in [0.29, 0.717) is 3.95 Å². The highest BCUT2D eigenvalue weighted by Gasteiger charge is 2.04. The van der Waals surface area contributed by atoms with Crippen LogP contribution in [0.15, 0.2) is 5.38 Å². The minimum absolute atomic E-state index is 0.00750. The topological polar surface area (TPSA) is 22.0 Å². The smallest absolute Gasteiger partial charge is 0.229 e. The van der Waals surface area contributed by atoms with E-state index in [4.69, 9.17) is 12.2 Å². The van der Waals surface area contributed by atoms with Crippen LogP contribution in [0.1, 0.15) is 24.3 Å². The molecule has 0 bridgehead atoms. The van der Waals surface area contributed by atoms with Crippen molar-refractivity contribution < 1.29 is 4.79 Å². The van der Waals surface area contributed by atoms with Gasteiger partial charge in [0.25, 0.3) is 0 Å². The first kappa shape index (κ1) is 8.62. The van der Waals surface area contributed by atoms with Crippen molar-refractivity contribution in [3.8, 4) is 0 Å². The maximum absolute atomic E-state index is 11.0. The molecule has 2 nitrogen and oxygen atoms in total. The zero-order valence-corrected chi connectivity index (χ0v) is 8.09. The minimum atomic E-state index is 0.00750. The number of carbonyl (C=O) groups is 1. The molecule has 1 heterocycles. The molecule has 0 spiro atoms. The Labute approximate surface area is 74.5 Å². The molecule has 4 heteroatoms. The van der Waals surface area contributed by atoms with Crippen molar-refractivity contribution in [2.45, 2.75) is 20.3 Å². The second-order valence-corrected chi connectivity index (χ2v) is 3.70. The monoisotopic (exact) mass is 187 g/mol. The van der Waals surface area contributed by atoms with Gasteiger partial charge in [-0.2, -0.15) is 0 Å². The van der Waals surface area contributed by atoms with Crippen molar-refractivity contribution in [2.24, 2.45) is 0 Å². The van der Waals surface area contributed by atoms with E-state index in [-0.39, 0.29) is 5.91 Å². The highest BCUT2D eigenvalue weighted by atomic mass is 32.1. The average Bonchev–Trinajstić information content (AvgIpc) is 2.30. The molecule has 0 aliphatic carbocycles. The summed E-state index contributed by atoms with van der Waals surface area (Å²) in [6, 6.07) is 0. The van der Waals surface area contributed by atoms with Gasteiger partial charge >= 0.3 is 0 Å². The van der Waals surface area contributed by atoms with E-state index >= 15 is 0 Å². The van der Waals surface area contributed by atoms with Gasteiger partial charge in [0.1, 0.15) is 0 Å². The average molecular weight is 187 g/mol. The van der Waals surface area contributed by atoms with Crippen molar-refractivity contribution in [3.05, 3.63) is 15.0 Å². The molecule has 0 aliphatic heterocycles. The molecule has 1 aromatic rings. The van der Waals surface area contributed by atoms with Crippen molar-refractivity contribution in [1.29, 1.82) is 0 Å². The van der Waals surface area contributed by atoms with Gasteiger partial charge < -0.3 is 0 Å². The van der Waals surface area contributed by atoms with Crippen molar-refractivity contribution in [3.63, 3.8) is 0 Å². The largest absolute Gasteiger partial charge is 0.274 e. The van der Waals surface area contributed by atoms with Crippen LogP contribution in [0.5, 0.6) is 0 Å². The van der Waals surface area contributed by atoms with E-state index in [1.807, 2.05) is 12.3 Å². The lowest BCUT2D eigenvalue weighted by atomic mass is 10.4. The third-order valence-electron chi connectivity index (χ3n) is 1.44. The van der Waals surface area contributed by atoms with Crippen molar-refractivity contribution in [1.82, 2.24) is 4.57 Å². The van der Waals surface area contributed by atoms with Crippen LogP contribution >= 0.6 is 23.6 Å². The fraction of sp³-hybridized carbons (Fsp3) is 0.429. The minimum Gasteiger partial charge on any atom is -0.274 e. The van der Waals surface area contributed by atoms with Gasteiger partial charge in [-0.1, -0.05) is 6.92 Å².